The van der Waals surface area contributed by atoms with Gasteiger partial charge in [0.15, 0.2) is 14.3 Å². The Morgan fingerprint density at radius 1 is 0.380 bits per heavy atom. The first-order chi connectivity index (χ1) is 45.0. The van der Waals surface area contributed by atoms with E-state index in [0.717, 1.165) is 16.3 Å². The number of benzene rings is 14. The lowest BCUT2D eigenvalue weighted by Gasteiger charge is -2.20. The summed E-state index contributed by atoms with van der Waals surface area (Å²) in [6.45, 7) is 8.07. The third kappa shape index (κ3) is 17.3. The minimum Gasteiger partial charge on any atom is -0.488 e. The molecule has 452 valence electrons. The van der Waals surface area contributed by atoms with Crippen molar-refractivity contribution in [3.05, 3.63) is 356 Å². The van der Waals surface area contributed by atoms with Crippen LogP contribution in [0.2, 0.25) is 5.02 Å². The third-order valence-corrected chi connectivity index (χ3v) is 30.3. The zero-order chi connectivity index (χ0) is 63.2. The molecule has 16 rings (SSSR count). The molecule has 14 aromatic rings. The number of ether oxygens (including phenoxy) is 1. The van der Waals surface area contributed by atoms with Gasteiger partial charge in [0.2, 0.25) is 21.4 Å². The van der Waals surface area contributed by atoms with Crippen LogP contribution >= 0.6 is 11.6 Å². The second-order valence-corrected chi connectivity index (χ2v) is 37.8. The van der Waals surface area contributed by atoms with Crippen molar-refractivity contribution in [2.45, 2.75) is 46.1 Å². The summed E-state index contributed by atoms with van der Waals surface area (Å²) in [5, 5.41) is 11.8. The molecule has 0 N–H and O–H groups in total. The molecule has 0 radical (unpaired) electrons. The first kappa shape index (κ1) is 65.6. The van der Waals surface area contributed by atoms with Crippen LogP contribution in [0, 0.1) is 35.7 Å². The molecule has 2 aliphatic rings. The van der Waals surface area contributed by atoms with Crippen LogP contribution in [-0.2, 0) is 11.2 Å². The maximum atomic E-state index is 11.5. The van der Waals surface area contributed by atoms with Crippen LogP contribution in [0.15, 0.2) is 309 Å². The molecule has 2 aliphatic heterocycles. The summed E-state index contributed by atoms with van der Waals surface area (Å²) in [4.78, 5) is 11.5. The predicted molar refractivity (Wildman–Crippen MR) is 364 cm³/mol. The summed E-state index contributed by atoms with van der Waals surface area (Å²) in [5.41, 5.74) is 6.61. The lowest BCUT2D eigenvalue weighted by atomic mass is 10.1. The van der Waals surface area contributed by atoms with E-state index in [0.29, 0.717) is 18.6 Å². The van der Waals surface area contributed by atoms with Gasteiger partial charge < -0.3 is 4.74 Å². The molecule has 8 heteroatoms. The molecule has 0 unspecified atom stereocenters. The molecule has 0 atom stereocenters. The number of hydrogen-bond acceptors (Lipinski definition) is 2. The van der Waals surface area contributed by atoms with Gasteiger partial charge in [0.05, 0.1) is 5.02 Å². The van der Waals surface area contributed by atoms with E-state index < -0.39 is 0 Å². The maximum absolute atomic E-state index is 11.5. The summed E-state index contributed by atoms with van der Waals surface area (Å²) >= 11 is 5.75. The molecule has 92 heavy (non-hydrogen) atoms. The number of carbonyl (C=O) groups is 1. The summed E-state index contributed by atoms with van der Waals surface area (Å²) < 4.78 is 20.6. The van der Waals surface area contributed by atoms with E-state index >= 15 is 0 Å². The second-order valence-electron chi connectivity index (χ2n) is 22.8. The molecular weight excluding hydrogens is 1710 g/mol. The predicted octanol–water partition coefficient (Wildman–Crippen LogP) is 6.00. The van der Waals surface area contributed by atoms with Crippen LogP contribution in [-0.4, -0.2) is 11.4 Å². The topological polar surface area (TPSA) is 26.3 Å². The Morgan fingerprint density at radius 2 is 0.772 bits per heavy atom. The Morgan fingerprint density at radius 3 is 1.28 bits per heavy atom. The van der Waals surface area contributed by atoms with Gasteiger partial charge in [0.25, 0.3) is 0 Å². The lowest BCUT2D eigenvalue weighted by molar-refractivity contribution is -0.597. The van der Waals surface area contributed by atoms with Crippen molar-refractivity contribution < 1.29 is 116 Å². The molecule has 2 heterocycles. The molecule has 0 spiro atoms. The number of halogens is 6. The van der Waals surface area contributed by atoms with E-state index in [4.69, 9.17) is 16.3 Å². The SMILES string of the molecule is CCC(=O)Cc1ccc([I+]c2ccc(OC(C)(C)C)cc2)cc1.Clc1cccc2c1[I+]c1ccccc1-2.c1ccc2c([I+]c3cccc4ccccc34)cccc2c1.c1ccc2c(c1)[I+]c1ccccc1-2.c1ccc2cc([I+]c3ccc4ccccc4c3)ccc2c1. The molecule has 0 aliphatic carbocycles. The van der Waals surface area contributed by atoms with Crippen LogP contribution in [0.3, 0.4) is 0 Å². The van der Waals surface area contributed by atoms with Gasteiger partial charge in [-0.25, -0.2) is 0 Å². The van der Waals surface area contributed by atoms with Gasteiger partial charge in [-0.15, -0.1) is 0 Å². The van der Waals surface area contributed by atoms with Gasteiger partial charge in [-0.2, -0.15) is 0 Å². The molecule has 2 nitrogen and oxygen atoms in total. The molecule has 14 aromatic carbocycles. The summed E-state index contributed by atoms with van der Waals surface area (Å²) in [7, 11) is 0. The largest absolute Gasteiger partial charge is 0.488 e. The fourth-order valence-electron chi connectivity index (χ4n) is 10.6. The van der Waals surface area contributed by atoms with Crippen molar-refractivity contribution >= 4 is 60.5 Å². The fourth-order valence-corrected chi connectivity index (χ4v) is 24.4. The van der Waals surface area contributed by atoms with Gasteiger partial charge in [0.1, 0.15) is 17.1 Å². The highest BCUT2D eigenvalue weighted by atomic mass is 127. The summed E-state index contributed by atoms with van der Waals surface area (Å²) in [6.07, 6.45) is 1.16. The van der Waals surface area contributed by atoms with Crippen molar-refractivity contribution in [1.82, 2.24) is 0 Å². The van der Waals surface area contributed by atoms with Crippen molar-refractivity contribution in [1.29, 1.82) is 0 Å². The summed E-state index contributed by atoms with van der Waals surface area (Å²) in [5.74, 6) is 1.21. The van der Waals surface area contributed by atoms with E-state index in [9.17, 15) is 4.79 Å². The van der Waals surface area contributed by atoms with Gasteiger partial charge in [0, 0.05) is 45.9 Å². The van der Waals surface area contributed by atoms with E-state index in [1.807, 2.05) is 19.1 Å². The van der Waals surface area contributed by atoms with Crippen LogP contribution in [0.4, 0.5) is 0 Å². The highest BCUT2D eigenvalue weighted by molar-refractivity contribution is 6.30. The number of carbonyl (C=O) groups excluding carboxylic acids is 1. The quantitative estimate of drug-likeness (QED) is 0.157. The van der Waals surface area contributed by atoms with E-state index in [1.54, 1.807) is 7.14 Å². The monoisotopic (exact) mass is 1780 g/mol. The van der Waals surface area contributed by atoms with E-state index in [1.165, 1.54) is 93.9 Å². The molecule has 0 fully saturated rings. The minimum atomic E-state index is -0.196. The molecule has 0 saturated heterocycles. The standard InChI is InChI=1S/C20H24IO2.2C20H14I.C12H7ClI.C12H8I/c1-5-18(22)14-15-6-8-16(9-7-15)21-17-10-12-19(13-11-17)23-20(2,3)4;1-3-11-17-15(7-1)9-5-13-19(17)21-20-14-6-10-16-8-2-4-12-18(16)20;1-3-7-17-13-19(11-9-15(17)5-1)21-20-12-10-16-6-2-4-8-18(16)14-20;13-10-6-3-5-9-8-4-1-2-7-11(8)14-12(9)10;1-3-7-11-9(5-1)10-6-2-4-8-12(10)13-11/h6-13H,5,14H2,1-4H3;2*1-14H;1-7H;1-8H/q5*+1. The molecule has 0 saturated carbocycles. The molecule has 0 bridgehead atoms. The molecular formula is C84H67ClI5O2+5. The molecule has 0 amide bonds. The first-order valence-electron chi connectivity index (χ1n) is 30.6. The van der Waals surface area contributed by atoms with Gasteiger partial charge in [-0.3, -0.25) is 4.79 Å². The van der Waals surface area contributed by atoms with Gasteiger partial charge in [-0.1, -0.05) is 182 Å². The smallest absolute Gasteiger partial charge is 0.360 e. The maximum Gasteiger partial charge on any atom is 0.360 e. The van der Waals surface area contributed by atoms with E-state index in [2.05, 4.69) is 318 Å². The highest BCUT2D eigenvalue weighted by Crippen LogP contribution is 2.26. The highest BCUT2D eigenvalue weighted by Gasteiger charge is 2.35. The summed E-state index contributed by atoms with van der Waals surface area (Å²) in [6, 6.07) is 111. The second kappa shape index (κ2) is 31.6. The van der Waals surface area contributed by atoms with E-state index in [-0.39, 0.29) is 112 Å². The van der Waals surface area contributed by atoms with Crippen molar-refractivity contribution in [3.63, 3.8) is 0 Å². The molecule has 0 aromatic heterocycles. The Kier molecular flexibility index (Phi) is 22.6. The van der Waals surface area contributed by atoms with Crippen LogP contribution in [0.1, 0.15) is 39.7 Å². The zero-order valence-electron chi connectivity index (χ0n) is 51.4. The van der Waals surface area contributed by atoms with Crippen molar-refractivity contribution in [2.75, 3.05) is 0 Å². The Labute approximate surface area is 598 Å². The number of ketones is 1. The third-order valence-electron chi connectivity index (χ3n) is 15.0. The minimum absolute atomic E-state index is 0.0509. The van der Waals surface area contributed by atoms with Crippen molar-refractivity contribution in [3.8, 4) is 28.0 Å². The lowest BCUT2D eigenvalue weighted by Crippen LogP contribution is -3.61. The number of Topliss-reactive ketones (excluding diaryl/α,β-unsaturated/α-hetero) is 1. The van der Waals surface area contributed by atoms with Crippen LogP contribution in [0.5, 0.6) is 5.75 Å². The first-order valence-corrected chi connectivity index (χ1v) is 41.8. The fraction of sp³-hybridized carbons (Fsp3) is 0.0833. The Bertz CT molecular complexity index is 4660. The van der Waals surface area contributed by atoms with Gasteiger partial charge >= 0.3 is 106 Å². The van der Waals surface area contributed by atoms with Crippen LogP contribution in [0.25, 0.3) is 65.3 Å². The Hall–Kier alpha value is -6.47. The van der Waals surface area contributed by atoms with Gasteiger partial charge in [-0.05, 0) is 204 Å². The number of hydrogen-bond donors (Lipinski definition) is 0. The zero-order valence-corrected chi connectivity index (χ0v) is 63.0. The Balaban J connectivity index is 0.000000112. The normalized spacial score (nSPS) is 11.5. The number of fused-ring (bicyclic) bond motifs is 10. The number of rotatable bonds is 10. The average Bonchev–Trinajstić information content (AvgIpc) is 1.75. The average molecular weight is 1780 g/mol. The van der Waals surface area contributed by atoms with Crippen LogP contribution < -0.4 is 111 Å². The van der Waals surface area contributed by atoms with Crippen molar-refractivity contribution in [2.24, 2.45) is 0 Å².